The number of anilines is 1. The van der Waals surface area contributed by atoms with Crippen LogP contribution in [0.2, 0.25) is 0 Å². The van der Waals surface area contributed by atoms with Crippen LogP contribution < -0.4 is 10.6 Å². The van der Waals surface area contributed by atoms with E-state index in [0.29, 0.717) is 12.6 Å². The van der Waals surface area contributed by atoms with Crippen LogP contribution in [0.15, 0.2) is 41.1 Å². The Bertz CT molecular complexity index is 647. The maximum atomic E-state index is 12.0. The molecule has 0 unspecified atom stereocenters. The average Bonchev–Trinajstić information content (AvgIpc) is 2.97. The molecule has 1 aromatic carbocycles. The molecular weight excluding hydrogens is 356 g/mol. The molecule has 3 rings (SSSR count). The lowest BCUT2D eigenvalue weighted by Gasteiger charge is -2.22. The summed E-state index contributed by atoms with van der Waals surface area (Å²) in [6.45, 7) is 0.680. The van der Waals surface area contributed by atoms with E-state index in [9.17, 15) is 4.79 Å². The molecule has 2 amide bonds. The number of nitrogens with one attached hydrogen (secondary N) is 2. The van der Waals surface area contributed by atoms with Gasteiger partial charge in [0.2, 0.25) is 0 Å². The van der Waals surface area contributed by atoms with Gasteiger partial charge in [0, 0.05) is 16.7 Å². The van der Waals surface area contributed by atoms with Gasteiger partial charge in [-0.1, -0.05) is 47.3 Å². The number of nitrogens with zero attached hydrogens (tertiary/aromatic N) is 2. The fourth-order valence-corrected chi connectivity index (χ4v) is 3.16. The van der Waals surface area contributed by atoms with E-state index in [-0.39, 0.29) is 6.03 Å². The molecule has 0 aliphatic heterocycles. The van der Waals surface area contributed by atoms with Crippen LogP contribution in [0.3, 0.4) is 0 Å². The Morgan fingerprint density at radius 3 is 2.70 bits per heavy atom. The molecule has 1 saturated carbocycles. The van der Waals surface area contributed by atoms with Gasteiger partial charge in [-0.15, -0.1) is 0 Å². The topological polar surface area (TPSA) is 59.0 Å². The lowest BCUT2D eigenvalue weighted by Crippen LogP contribution is -2.38. The number of hydrogen-bond donors (Lipinski definition) is 2. The number of amides is 2. The molecule has 6 heteroatoms. The van der Waals surface area contributed by atoms with E-state index in [1.165, 1.54) is 19.3 Å². The van der Waals surface area contributed by atoms with Crippen molar-refractivity contribution in [1.82, 2.24) is 15.1 Å². The van der Waals surface area contributed by atoms with Crippen LogP contribution in [0.5, 0.6) is 0 Å². The Morgan fingerprint density at radius 2 is 1.96 bits per heavy atom. The van der Waals surface area contributed by atoms with Crippen LogP contribution in [0.1, 0.15) is 37.7 Å². The van der Waals surface area contributed by atoms with Gasteiger partial charge in [-0.3, -0.25) is 4.68 Å². The van der Waals surface area contributed by atoms with Crippen molar-refractivity contribution in [1.29, 1.82) is 0 Å². The molecule has 1 aromatic heterocycles. The summed E-state index contributed by atoms with van der Waals surface area (Å²) in [5.41, 5.74) is 1.88. The minimum atomic E-state index is -0.139. The summed E-state index contributed by atoms with van der Waals surface area (Å²) in [6, 6.07) is 8.29. The zero-order valence-corrected chi connectivity index (χ0v) is 14.6. The molecule has 0 saturated heterocycles. The second-order valence-electron chi connectivity index (χ2n) is 5.99. The Morgan fingerprint density at radius 1 is 1.22 bits per heavy atom. The summed E-state index contributed by atoms with van der Waals surface area (Å²) in [4.78, 5) is 12.0. The molecule has 1 heterocycles. The average molecular weight is 377 g/mol. The molecule has 1 aliphatic rings. The Kier molecular flexibility index (Phi) is 5.33. The summed E-state index contributed by atoms with van der Waals surface area (Å²) >= 11 is 3.43. The molecule has 23 heavy (non-hydrogen) atoms. The molecule has 2 aromatic rings. The van der Waals surface area contributed by atoms with Gasteiger partial charge in [0.25, 0.3) is 0 Å². The molecule has 5 nitrogen and oxygen atoms in total. The number of hydrogen-bond acceptors (Lipinski definition) is 2. The number of rotatable bonds is 4. The van der Waals surface area contributed by atoms with Crippen molar-refractivity contribution in [3.63, 3.8) is 0 Å². The molecule has 122 valence electrons. The van der Waals surface area contributed by atoms with Crippen molar-refractivity contribution in [2.75, 3.05) is 5.32 Å². The Labute approximate surface area is 144 Å². The standard InChI is InChI=1S/C17H21BrN4O/c18-14-8-6-13(7-9-14)11-22-12-16(10-19-22)21-17(23)20-15-4-2-1-3-5-15/h6-10,12,15H,1-5,11H2,(H2,20,21,23). The lowest BCUT2D eigenvalue weighted by atomic mass is 9.96. The summed E-state index contributed by atoms with van der Waals surface area (Å²) in [6.07, 6.45) is 9.38. The molecule has 1 aliphatic carbocycles. The SMILES string of the molecule is O=C(Nc1cnn(Cc2ccc(Br)cc2)c1)NC1CCCCC1. The van der Waals surface area contributed by atoms with Crippen molar-refractivity contribution < 1.29 is 4.79 Å². The Hall–Kier alpha value is -1.82. The summed E-state index contributed by atoms with van der Waals surface area (Å²) in [5.74, 6) is 0. The van der Waals surface area contributed by atoms with Crippen LogP contribution in [-0.4, -0.2) is 21.9 Å². The number of halogens is 1. The van der Waals surface area contributed by atoms with Crippen molar-refractivity contribution in [3.8, 4) is 0 Å². The second kappa shape index (κ2) is 7.64. The molecule has 0 radical (unpaired) electrons. The number of carbonyl (C=O) groups is 1. The highest BCUT2D eigenvalue weighted by molar-refractivity contribution is 9.10. The number of urea groups is 1. The van der Waals surface area contributed by atoms with Crippen molar-refractivity contribution >= 4 is 27.6 Å². The van der Waals surface area contributed by atoms with Gasteiger partial charge < -0.3 is 10.6 Å². The van der Waals surface area contributed by atoms with Crippen molar-refractivity contribution in [2.45, 2.75) is 44.7 Å². The van der Waals surface area contributed by atoms with E-state index in [2.05, 4.69) is 43.8 Å². The van der Waals surface area contributed by atoms with Gasteiger partial charge in [0.1, 0.15) is 0 Å². The third kappa shape index (κ3) is 4.82. The van der Waals surface area contributed by atoms with E-state index < -0.39 is 0 Å². The van der Waals surface area contributed by atoms with E-state index in [4.69, 9.17) is 0 Å². The van der Waals surface area contributed by atoms with Crippen LogP contribution in [0.4, 0.5) is 10.5 Å². The van der Waals surface area contributed by atoms with Crippen molar-refractivity contribution in [3.05, 3.63) is 46.7 Å². The number of aromatic nitrogens is 2. The zero-order chi connectivity index (χ0) is 16.1. The van der Waals surface area contributed by atoms with E-state index in [0.717, 1.165) is 28.6 Å². The highest BCUT2D eigenvalue weighted by Crippen LogP contribution is 2.17. The second-order valence-corrected chi connectivity index (χ2v) is 6.90. The highest BCUT2D eigenvalue weighted by Gasteiger charge is 2.15. The van der Waals surface area contributed by atoms with Crippen molar-refractivity contribution in [2.24, 2.45) is 0 Å². The van der Waals surface area contributed by atoms with E-state index in [1.807, 2.05) is 23.0 Å². The van der Waals surface area contributed by atoms with Gasteiger partial charge in [-0.25, -0.2) is 4.79 Å². The number of carbonyl (C=O) groups excluding carboxylic acids is 1. The summed E-state index contributed by atoms with van der Waals surface area (Å²) < 4.78 is 2.88. The van der Waals surface area contributed by atoms with Gasteiger partial charge in [0.05, 0.1) is 18.4 Å². The predicted molar refractivity (Wildman–Crippen MR) is 94.5 cm³/mol. The van der Waals surface area contributed by atoms with E-state index in [1.54, 1.807) is 6.20 Å². The first-order chi connectivity index (χ1) is 11.2. The fraction of sp³-hybridized carbons (Fsp3) is 0.412. The maximum Gasteiger partial charge on any atom is 0.319 e. The predicted octanol–water partition coefficient (Wildman–Crippen LogP) is 4.15. The minimum Gasteiger partial charge on any atom is -0.335 e. The third-order valence-electron chi connectivity index (χ3n) is 4.09. The smallest absolute Gasteiger partial charge is 0.319 e. The van der Waals surface area contributed by atoms with Gasteiger partial charge in [-0.2, -0.15) is 5.10 Å². The Balaban J connectivity index is 1.52. The first-order valence-corrected chi connectivity index (χ1v) is 8.83. The molecule has 0 atom stereocenters. The third-order valence-corrected chi connectivity index (χ3v) is 4.62. The first kappa shape index (κ1) is 16.1. The van der Waals surface area contributed by atoms with Gasteiger partial charge in [0.15, 0.2) is 0 Å². The van der Waals surface area contributed by atoms with Crippen LogP contribution >= 0.6 is 15.9 Å². The largest absolute Gasteiger partial charge is 0.335 e. The maximum absolute atomic E-state index is 12.0. The molecule has 0 spiro atoms. The van der Waals surface area contributed by atoms with Crippen LogP contribution in [-0.2, 0) is 6.54 Å². The highest BCUT2D eigenvalue weighted by atomic mass is 79.9. The first-order valence-electron chi connectivity index (χ1n) is 8.03. The monoisotopic (exact) mass is 376 g/mol. The summed E-state index contributed by atoms with van der Waals surface area (Å²) in [7, 11) is 0. The van der Waals surface area contributed by atoms with Crippen LogP contribution in [0.25, 0.3) is 0 Å². The van der Waals surface area contributed by atoms with E-state index >= 15 is 0 Å². The quantitative estimate of drug-likeness (QED) is 0.841. The van der Waals surface area contributed by atoms with Gasteiger partial charge in [-0.05, 0) is 30.5 Å². The molecule has 0 bridgehead atoms. The molecule has 2 N–H and O–H groups in total. The fourth-order valence-electron chi connectivity index (χ4n) is 2.89. The van der Waals surface area contributed by atoms with Crippen LogP contribution in [0, 0.1) is 0 Å². The normalized spacial score (nSPS) is 15.3. The molecular formula is C17H21BrN4O. The summed E-state index contributed by atoms with van der Waals surface area (Å²) in [5, 5.41) is 10.2. The molecule has 1 fully saturated rings. The number of benzene rings is 1. The zero-order valence-electron chi connectivity index (χ0n) is 13.0. The minimum absolute atomic E-state index is 0.139. The van der Waals surface area contributed by atoms with Gasteiger partial charge >= 0.3 is 6.03 Å². The lowest BCUT2D eigenvalue weighted by molar-refractivity contribution is 0.244.